The van der Waals surface area contributed by atoms with Crippen molar-refractivity contribution in [2.24, 2.45) is 0 Å². The smallest absolute Gasteiger partial charge is 0.303 e. The van der Waals surface area contributed by atoms with Crippen LogP contribution in [0.1, 0.15) is 24.5 Å². The Morgan fingerprint density at radius 2 is 1.92 bits per heavy atom. The summed E-state index contributed by atoms with van der Waals surface area (Å²) in [6.07, 6.45) is 1.83. The molecule has 70 valence electrons. The van der Waals surface area contributed by atoms with E-state index in [4.69, 9.17) is 5.11 Å². The van der Waals surface area contributed by atoms with E-state index in [0.29, 0.717) is 6.42 Å². The third-order valence-electron chi connectivity index (χ3n) is 2.11. The normalized spacial score (nSPS) is 9.92. The van der Waals surface area contributed by atoms with Crippen molar-refractivity contribution in [1.82, 2.24) is 0 Å². The molecule has 1 N–H and O–H groups in total. The first-order chi connectivity index (χ1) is 6.24. The van der Waals surface area contributed by atoms with Gasteiger partial charge in [-0.05, 0) is 24.0 Å². The molecule has 0 spiro atoms. The molecule has 0 unspecified atom stereocenters. The van der Waals surface area contributed by atoms with Gasteiger partial charge in [-0.1, -0.05) is 31.2 Å². The molecule has 0 heterocycles. The highest BCUT2D eigenvalue weighted by Crippen LogP contribution is 2.11. The number of aliphatic carboxylic acids is 1. The van der Waals surface area contributed by atoms with Crippen LogP contribution >= 0.6 is 0 Å². The first-order valence-electron chi connectivity index (χ1n) is 4.52. The van der Waals surface area contributed by atoms with Gasteiger partial charge in [0.2, 0.25) is 0 Å². The second-order valence-corrected chi connectivity index (χ2v) is 3.02. The molecule has 0 amide bonds. The maximum absolute atomic E-state index is 10.4. The van der Waals surface area contributed by atoms with E-state index in [2.05, 4.69) is 13.0 Å². The lowest BCUT2D eigenvalue weighted by molar-refractivity contribution is -0.136. The van der Waals surface area contributed by atoms with Crippen molar-refractivity contribution in [1.29, 1.82) is 0 Å². The largest absolute Gasteiger partial charge is 0.481 e. The average molecular weight is 178 g/mol. The van der Waals surface area contributed by atoms with Crippen molar-refractivity contribution in [3.8, 4) is 0 Å². The van der Waals surface area contributed by atoms with Gasteiger partial charge in [-0.25, -0.2) is 0 Å². The summed E-state index contributed by atoms with van der Waals surface area (Å²) in [6.45, 7) is 2.08. The molecule has 1 rings (SSSR count). The Labute approximate surface area is 78.2 Å². The molecule has 0 aromatic heterocycles. The lowest BCUT2D eigenvalue weighted by atomic mass is 10.0. The van der Waals surface area contributed by atoms with Crippen LogP contribution in [-0.4, -0.2) is 11.1 Å². The number of carboxylic acids is 1. The summed E-state index contributed by atoms with van der Waals surface area (Å²) in [5.41, 5.74) is 2.41. The molecule has 0 saturated carbocycles. The van der Waals surface area contributed by atoms with Crippen molar-refractivity contribution in [3.05, 3.63) is 35.4 Å². The minimum atomic E-state index is -0.731. The summed E-state index contributed by atoms with van der Waals surface area (Å²) < 4.78 is 0. The highest BCUT2D eigenvalue weighted by molar-refractivity contribution is 5.67. The number of hydrogen-bond donors (Lipinski definition) is 1. The molecule has 0 atom stereocenters. The molecule has 0 fully saturated rings. The lowest BCUT2D eigenvalue weighted by Crippen LogP contribution is -1.99. The Morgan fingerprint density at radius 1 is 1.31 bits per heavy atom. The van der Waals surface area contributed by atoms with Gasteiger partial charge in [0.1, 0.15) is 0 Å². The van der Waals surface area contributed by atoms with Crippen molar-refractivity contribution < 1.29 is 9.90 Å². The molecule has 13 heavy (non-hydrogen) atoms. The summed E-state index contributed by atoms with van der Waals surface area (Å²) in [5, 5.41) is 8.54. The molecule has 1 aromatic rings. The van der Waals surface area contributed by atoms with Gasteiger partial charge in [-0.15, -0.1) is 0 Å². The molecule has 0 aliphatic carbocycles. The monoisotopic (exact) mass is 178 g/mol. The number of benzene rings is 1. The zero-order valence-electron chi connectivity index (χ0n) is 7.79. The van der Waals surface area contributed by atoms with E-state index in [1.807, 2.05) is 18.2 Å². The number of carboxylic acid groups (broad SMARTS) is 1. The number of hydrogen-bond acceptors (Lipinski definition) is 1. The number of aryl methyl sites for hydroxylation is 2. The summed E-state index contributed by atoms with van der Waals surface area (Å²) in [5.74, 6) is -0.731. The van der Waals surface area contributed by atoms with Crippen molar-refractivity contribution in [2.45, 2.75) is 26.2 Å². The maximum Gasteiger partial charge on any atom is 0.303 e. The second kappa shape index (κ2) is 4.65. The van der Waals surface area contributed by atoms with E-state index in [1.165, 1.54) is 5.56 Å². The molecule has 0 radical (unpaired) electrons. The Kier molecular flexibility index (Phi) is 3.50. The molecule has 0 saturated heterocycles. The fraction of sp³-hybridized carbons (Fsp3) is 0.364. The quantitative estimate of drug-likeness (QED) is 0.767. The van der Waals surface area contributed by atoms with E-state index in [1.54, 1.807) is 0 Å². The van der Waals surface area contributed by atoms with Crippen LogP contribution in [0.5, 0.6) is 0 Å². The molecule has 2 nitrogen and oxygen atoms in total. The fourth-order valence-electron chi connectivity index (χ4n) is 1.39. The molecular weight excluding hydrogens is 164 g/mol. The van der Waals surface area contributed by atoms with Crippen molar-refractivity contribution in [2.75, 3.05) is 0 Å². The zero-order chi connectivity index (χ0) is 9.68. The Bertz CT molecular complexity index is 292. The van der Waals surface area contributed by atoms with Crippen LogP contribution < -0.4 is 0 Å². The highest BCUT2D eigenvalue weighted by Gasteiger charge is 2.02. The van der Waals surface area contributed by atoms with Crippen molar-refractivity contribution in [3.63, 3.8) is 0 Å². The van der Waals surface area contributed by atoms with Crippen LogP contribution in [0.4, 0.5) is 0 Å². The standard InChI is InChI=1S/C11H14O2/c1-2-9-5-3-4-6-10(9)7-8-11(12)13/h3-6H,2,7-8H2,1H3,(H,12,13). The van der Waals surface area contributed by atoms with E-state index in [-0.39, 0.29) is 6.42 Å². The number of rotatable bonds is 4. The SMILES string of the molecule is CCc1ccccc1CCC(=O)O. The molecule has 2 heteroatoms. The third-order valence-corrected chi connectivity index (χ3v) is 2.11. The molecule has 0 bridgehead atoms. The summed E-state index contributed by atoms with van der Waals surface area (Å²) >= 11 is 0. The van der Waals surface area contributed by atoms with Crippen LogP contribution in [0, 0.1) is 0 Å². The average Bonchev–Trinajstić information content (AvgIpc) is 2.15. The van der Waals surface area contributed by atoms with E-state index in [0.717, 1.165) is 12.0 Å². The Morgan fingerprint density at radius 3 is 2.46 bits per heavy atom. The van der Waals surface area contributed by atoms with Gasteiger partial charge in [-0.2, -0.15) is 0 Å². The van der Waals surface area contributed by atoms with E-state index < -0.39 is 5.97 Å². The first-order valence-corrected chi connectivity index (χ1v) is 4.52. The second-order valence-electron chi connectivity index (χ2n) is 3.02. The Hall–Kier alpha value is -1.31. The zero-order valence-corrected chi connectivity index (χ0v) is 7.79. The van der Waals surface area contributed by atoms with Gasteiger partial charge in [0, 0.05) is 6.42 Å². The highest BCUT2D eigenvalue weighted by atomic mass is 16.4. The molecule has 0 aliphatic rings. The molecule has 0 aliphatic heterocycles. The predicted octanol–water partition coefficient (Wildman–Crippen LogP) is 2.27. The minimum Gasteiger partial charge on any atom is -0.481 e. The van der Waals surface area contributed by atoms with Crippen LogP contribution in [0.15, 0.2) is 24.3 Å². The van der Waals surface area contributed by atoms with Gasteiger partial charge in [0.05, 0.1) is 0 Å². The van der Waals surface area contributed by atoms with Gasteiger partial charge >= 0.3 is 5.97 Å². The first kappa shape index (κ1) is 9.78. The topological polar surface area (TPSA) is 37.3 Å². The van der Waals surface area contributed by atoms with Gasteiger partial charge in [0.15, 0.2) is 0 Å². The van der Waals surface area contributed by atoms with Crippen LogP contribution in [-0.2, 0) is 17.6 Å². The molecular formula is C11H14O2. The van der Waals surface area contributed by atoms with Crippen LogP contribution in [0.3, 0.4) is 0 Å². The van der Waals surface area contributed by atoms with Crippen LogP contribution in [0.2, 0.25) is 0 Å². The van der Waals surface area contributed by atoms with E-state index in [9.17, 15) is 4.79 Å². The summed E-state index contributed by atoms with van der Waals surface area (Å²) in [6, 6.07) is 8.00. The van der Waals surface area contributed by atoms with Crippen LogP contribution in [0.25, 0.3) is 0 Å². The predicted molar refractivity (Wildman–Crippen MR) is 51.8 cm³/mol. The van der Waals surface area contributed by atoms with E-state index >= 15 is 0 Å². The summed E-state index contributed by atoms with van der Waals surface area (Å²) in [4.78, 5) is 10.4. The minimum absolute atomic E-state index is 0.219. The summed E-state index contributed by atoms with van der Waals surface area (Å²) in [7, 11) is 0. The Balaban J connectivity index is 2.69. The maximum atomic E-state index is 10.4. The lowest BCUT2D eigenvalue weighted by Gasteiger charge is -2.04. The molecule has 1 aromatic carbocycles. The van der Waals surface area contributed by atoms with Gasteiger partial charge in [0.25, 0.3) is 0 Å². The van der Waals surface area contributed by atoms with Crippen molar-refractivity contribution >= 4 is 5.97 Å². The fourth-order valence-corrected chi connectivity index (χ4v) is 1.39. The van der Waals surface area contributed by atoms with Gasteiger partial charge in [-0.3, -0.25) is 4.79 Å². The number of carbonyl (C=O) groups is 1. The van der Waals surface area contributed by atoms with Gasteiger partial charge < -0.3 is 5.11 Å². The third kappa shape index (κ3) is 2.90.